The van der Waals surface area contributed by atoms with Crippen LogP contribution in [0, 0.1) is 0 Å². The number of alkyl halides is 1. The third-order valence-corrected chi connectivity index (χ3v) is 1.94. The van der Waals surface area contributed by atoms with Crippen LogP contribution in [0.2, 0.25) is 0 Å². The minimum absolute atomic E-state index is 0.0287. The molecule has 0 saturated heterocycles. The molecule has 0 radical (unpaired) electrons. The summed E-state index contributed by atoms with van der Waals surface area (Å²) in [6, 6.07) is 0. The fraction of sp³-hybridized carbons (Fsp3) is 1.00. The van der Waals surface area contributed by atoms with Crippen molar-refractivity contribution in [1.29, 1.82) is 0 Å². The first-order valence-electron chi connectivity index (χ1n) is 2.64. The Hall–Kier alpha value is 0.360. The highest BCUT2D eigenvalue weighted by molar-refractivity contribution is 9.09. The van der Waals surface area contributed by atoms with Crippen LogP contribution in [0.5, 0.6) is 0 Å². The first kappa shape index (κ1) is 9.36. The second kappa shape index (κ2) is 5.17. The molecule has 0 bridgehead atoms. The topological polar surface area (TPSA) is 49.7 Å². The zero-order valence-corrected chi connectivity index (χ0v) is 6.84. The second-order valence-electron chi connectivity index (χ2n) is 1.66. The molecule has 0 aromatic rings. The lowest BCUT2D eigenvalue weighted by atomic mass is 10.3. The van der Waals surface area contributed by atoms with Gasteiger partial charge in [-0.3, -0.25) is 0 Å². The van der Waals surface area contributed by atoms with E-state index in [0.29, 0.717) is 0 Å². The van der Waals surface area contributed by atoms with Crippen molar-refractivity contribution in [1.82, 2.24) is 0 Å². The first-order valence-corrected chi connectivity index (χ1v) is 3.56. The molecule has 4 heteroatoms. The van der Waals surface area contributed by atoms with Crippen LogP contribution in [-0.4, -0.2) is 41.5 Å². The molecule has 2 atom stereocenters. The van der Waals surface area contributed by atoms with Crippen molar-refractivity contribution in [3.8, 4) is 0 Å². The minimum Gasteiger partial charge on any atom is -0.395 e. The predicted molar refractivity (Wildman–Crippen MR) is 37.7 cm³/mol. The fourth-order valence-electron chi connectivity index (χ4n) is 0.454. The zero-order valence-electron chi connectivity index (χ0n) is 5.25. The lowest BCUT2D eigenvalue weighted by Crippen LogP contribution is -2.29. The number of rotatable bonds is 4. The predicted octanol–water partition coefficient (Wildman–Crippen LogP) is -0.251. The second-order valence-corrected chi connectivity index (χ2v) is 2.83. The third kappa shape index (κ3) is 3.15. The van der Waals surface area contributed by atoms with E-state index in [-0.39, 0.29) is 24.1 Å². The van der Waals surface area contributed by atoms with Gasteiger partial charge in [0.05, 0.1) is 24.1 Å². The third-order valence-electron chi connectivity index (χ3n) is 1.06. The smallest absolute Gasteiger partial charge is 0.0948 e. The van der Waals surface area contributed by atoms with Crippen LogP contribution in [0.15, 0.2) is 0 Å². The van der Waals surface area contributed by atoms with Crippen molar-refractivity contribution in [2.75, 3.05) is 20.3 Å². The Kier molecular flexibility index (Phi) is 5.38. The van der Waals surface area contributed by atoms with Crippen LogP contribution in [-0.2, 0) is 4.74 Å². The summed E-state index contributed by atoms with van der Waals surface area (Å²) in [5, 5.41) is 17.1. The van der Waals surface area contributed by atoms with Gasteiger partial charge in [0.15, 0.2) is 0 Å². The van der Waals surface area contributed by atoms with Crippen LogP contribution in [0.1, 0.15) is 0 Å². The molecule has 0 rings (SSSR count). The molecule has 0 aliphatic rings. The molecule has 0 aliphatic heterocycles. The average molecular weight is 199 g/mol. The molecule has 0 saturated carbocycles. The fourth-order valence-corrected chi connectivity index (χ4v) is 0.837. The molecule has 0 fully saturated rings. The van der Waals surface area contributed by atoms with Gasteiger partial charge in [0.2, 0.25) is 0 Å². The monoisotopic (exact) mass is 198 g/mol. The number of hydrogen-bond donors (Lipinski definition) is 2. The van der Waals surface area contributed by atoms with Crippen LogP contribution in [0.3, 0.4) is 0 Å². The van der Waals surface area contributed by atoms with E-state index in [9.17, 15) is 0 Å². The molecule has 0 aromatic heterocycles. The number of hydrogen-bond acceptors (Lipinski definition) is 3. The van der Waals surface area contributed by atoms with Gasteiger partial charge in [-0.2, -0.15) is 0 Å². The Morgan fingerprint density at radius 3 is 2.11 bits per heavy atom. The van der Waals surface area contributed by atoms with Gasteiger partial charge >= 0.3 is 0 Å². The summed E-state index contributed by atoms with van der Waals surface area (Å²) in [7, 11) is 1.49. The zero-order chi connectivity index (χ0) is 7.28. The maximum atomic E-state index is 8.56. The summed E-state index contributed by atoms with van der Waals surface area (Å²) in [6.07, 6.45) is -0.310. The van der Waals surface area contributed by atoms with Crippen molar-refractivity contribution in [3.63, 3.8) is 0 Å². The summed E-state index contributed by atoms with van der Waals surface area (Å²) in [6.45, 7) is -0.105. The van der Waals surface area contributed by atoms with Gasteiger partial charge in [-0.05, 0) is 0 Å². The van der Waals surface area contributed by atoms with E-state index >= 15 is 0 Å². The number of aliphatic hydroxyl groups is 2. The maximum absolute atomic E-state index is 8.56. The van der Waals surface area contributed by atoms with Crippen LogP contribution >= 0.6 is 15.9 Å². The Labute approximate surface area is 62.8 Å². The van der Waals surface area contributed by atoms with Crippen molar-refractivity contribution in [2.45, 2.75) is 10.9 Å². The quantitative estimate of drug-likeness (QED) is 0.614. The van der Waals surface area contributed by atoms with Gasteiger partial charge in [-0.15, -0.1) is 0 Å². The van der Waals surface area contributed by atoms with E-state index in [4.69, 9.17) is 14.9 Å². The standard InChI is InChI=1S/C5H11BrO3/c1-9-5(3-8)4(6)2-7/h4-5,7-8H,2-3H2,1H3/t4-,5+/m1/s1. The number of methoxy groups -OCH3 is 1. The van der Waals surface area contributed by atoms with E-state index in [1.165, 1.54) is 7.11 Å². The van der Waals surface area contributed by atoms with Crippen molar-refractivity contribution >= 4 is 15.9 Å². The van der Waals surface area contributed by atoms with Gasteiger partial charge in [-0.25, -0.2) is 0 Å². The van der Waals surface area contributed by atoms with Gasteiger partial charge in [0.25, 0.3) is 0 Å². The molecule has 0 aromatic carbocycles. The SMILES string of the molecule is CO[C@@H](CO)[C@H](Br)CO. The molecular weight excluding hydrogens is 188 g/mol. The summed E-state index contributed by atoms with van der Waals surface area (Å²) in [5.74, 6) is 0. The minimum atomic E-state index is -0.310. The van der Waals surface area contributed by atoms with E-state index in [1.54, 1.807) is 0 Å². The van der Waals surface area contributed by atoms with Gasteiger partial charge in [0, 0.05) is 7.11 Å². The highest BCUT2D eigenvalue weighted by Gasteiger charge is 2.15. The molecule has 0 amide bonds. The van der Waals surface area contributed by atoms with E-state index in [1.807, 2.05) is 0 Å². The molecule has 0 spiro atoms. The molecule has 3 nitrogen and oxygen atoms in total. The summed E-state index contributed by atoms with van der Waals surface area (Å²) in [5.41, 5.74) is 0. The molecule has 2 N–H and O–H groups in total. The van der Waals surface area contributed by atoms with Gasteiger partial charge < -0.3 is 14.9 Å². The van der Waals surface area contributed by atoms with Crippen molar-refractivity contribution < 1.29 is 14.9 Å². The van der Waals surface area contributed by atoms with Crippen LogP contribution in [0.4, 0.5) is 0 Å². The lowest BCUT2D eigenvalue weighted by Gasteiger charge is -2.15. The molecule has 56 valence electrons. The molecule has 0 aliphatic carbocycles. The Bertz CT molecular complexity index is 65.2. The molecule has 0 unspecified atom stereocenters. The first-order chi connectivity index (χ1) is 4.26. The molecular formula is C5H11BrO3. The van der Waals surface area contributed by atoms with Crippen LogP contribution in [0.25, 0.3) is 0 Å². The lowest BCUT2D eigenvalue weighted by molar-refractivity contribution is 0.0380. The van der Waals surface area contributed by atoms with Gasteiger partial charge in [-0.1, -0.05) is 15.9 Å². The summed E-state index contributed by atoms with van der Waals surface area (Å²) in [4.78, 5) is -0.174. The van der Waals surface area contributed by atoms with E-state index in [2.05, 4.69) is 15.9 Å². The number of halogens is 1. The van der Waals surface area contributed by atoms with Gasteiger partial charge in [0.1, 0.15) is 0 Å². The summed E-state index contributed by atoms with van der Waals surface area (Å²) < 4.78 is 4.80. The van der Waals surface area contributed by atoms with E-state index in [0.717, 1.165) is 0 Å². The van der Waals surface area contributed by atoms with Crippen molar-refractivity contribution in [3.05, 3.63) is 0 Å². The number of ether oxygens (including phenoxy) is 1. The van der Waals surface area contributed by atoms with Crippen LogP contribution < -0.4 is 0 Å². The number of aliphatic hydroxyl groups excluding tert-OH is 2. The highest BCUT2D eigenvalue weighted by atomic mass is 79.9. The maximum Gasteiger partial charge on any atom is 0.0948 e. The normalized spacial score (nSPS) is 17.3. The Morgan fingerprint density at radius 1 is 1.44 bits per heavy atom. The van der Waals surface area contributed by atoms with E-state index < -0.39 is 0 Å². The Balaban J connectivity index is 3.50. The Morgan fingerprint density at radius 2 is 2.00 bits per heavy atom. The molecule has 0 heterocycles. The average Bonchev–Trinajstić information content (AvgIpc) is 1.90. The summed E-state index contributed by atoms with van der Waals surface area (Å²) >= 11 is 3.13. The molecule has 9 heavy (non-hydrogen) atoms. The highest BCUT2D eigenvalue weighted by Crippen LogP contribution is 2.06. The van der Waals surface area contributed by atoms with Crippen molar-refractivity contribution in [2.24, 2.45) is 0 Å². The largest absolute Gasteiger partial charge is 0.395 e.